The van der Waals surface area contributed by atoms with E-state index in [2.05, 4.69) is 5.32 Å². The molecular formula is C12H21N3O3. The van der Waals surface area contributed by atoms with Crippen LogP contribution in [-0.4, -0.2) is 60.8 Å². The van der Waals surface area contributed by atoms with Crippen molar-refractivity contribution >= 4 is 12.1 Å². The Kier molecular flexibility index (Phi) is 4.28. The Morgan fingerprint density at radius 1 is 1.39 bits per heavy atom. The molecule has 0 saturated carbocycles. The summed E-state index contributed by atoms with van der Waals surface area (Å²) in [5, 5.41) is 2.87. The Labute approximate surface area is 107 Å². The highest BCUT2D eigenvalue weighted by Gasteiger charge is 2.31. The van der Waals surface area contributed by atoms with Crippen molar-refractivity contribution in [1.82, 2.24) is 15.1 Å². The Balaban J connectivity index is 1.82. The molecule has 0 aromatic carbocycles. The molecule has 2 saturated heterocycles. The number of ether oxygens (including phenoxy) is 1. The van der Waals surface area contributed by atoms with E-state index in [1.807, 2.05) is 11.8 Å². The van der Waals surface area contributed by atoms with Gasteiger partial charge in [0.25, 0.3) is 0 Å². The standard InChI is InChI=1S/C12H21N3O3/c1-2-18-12(17)14-8-4-10(5-9-14)15-7-3-6-13-11(15)16/h10H,2-9H2,1H3,(H,13,16). The molecule has 6 heteroatoms. The van der Waals surface area contributed by atoms with Gasteiger partial charge < -0.3 is 19.9 Å². The highest BCUT2D eigenvalue weighted by Crippen LogP contribution is 2.18. The quantitative estimate of drug-likeness (QED) is 0.801. The molecule has 0 unspecified atom stereocenters. The molecule has 0 aliphatic carbocycles. The molecule has 0 bridgehead atoms. The van der Waals surface area contributed by atoms with Crippen molar-refractivity contribution < 1.29 is 14.3 Å². The molecule has 2 aliphatic heterocycles. The van der Waals surface area contributed by atoms with Gasteiger partial charge in [0, 0.05) is 32.2 Å². The Bertz CT molecular complexity index is 314. The Morgan fingerprint density at radius 2 is 2.11 bits per heavy atom. The van der Waals surface area contributed by atoms with E-state index in [4.69, 9.17) is 4.74 Å². The summed E-state index contributed by atoms with van der Waals surface area (Å²) in [4.78, 5) is 26.9. The second kappa shape index (κ2) is 5.93. The van der Waals surface area contributed by atoms with Gasteiger partial charge in [-0.1, -0.05) is 0 Å². The third-order valence-corrected chi connectivity index (χ3v) is 3.54. The number of hydrogen-bond donors (Lipinski definition) is 1. The largest absolute Gasteiger partial charge is 0.450 e. The van der Waals surface area contributed by atoms with Crippen LogP contribution in [0.1, 0.15) is 26.2 Å². The van der Waals surface area contributed by atoms with Gasteiger partial charge in [-0.25, -0.2) is 9.59 Å². The minimum atomic E-state index is -0.237. The first-order valence-corrected chi connectivity index (χ1v) is 6.68. The highest BCUT2D eigenvalue weighted by atomic mass is 16.6. The summed E-state index contributed by atoms with van der Waals surface area (Å²) in [6.45, 7) is 5.17. The van der Waals surface area contributed by atoms with Crippen LogP contribution in [-0.2, 0) is 4.74 Å². The zero-order chi connectivity index (χ0) is 13.0. The number of likely N-dealkylation sites (tertiary alicyclic amines) is 1. The molecule has 18 heavy (non-hydrogen) atoms. The summed E-state index contributed by atoms with van der Waals surface area (Å²) >= 11 is 0. The SMILES string of the molecule is CCOC(=O)N1CCC(N2CCCNC2=O)CC1. The number of nitrogens with zero attached hydrogens (tertiary/aromatic N) is 2. The van der Waals surface area contributed by atoms with Crippen LogP contribution < -0.4 is 5.32 Å². The van der Waals surface area contributed by atoms with E-state index < -0.39 is 0 Å². The molecule has 0 aromatic heterocycles. The normalized spacial score (nSPS) is 21.7. The molecule has 102 valence electrons. The van der Waals surface area contributed by atoms with E-state index in [9.17, 15) is 9.59 Å². The van der Waals surface area contributed by atoms with E-state index in [1.165, 1.54) is 0 Å². The third kappa shape index (κ3) is 2.86. The number of nitrogens with one attached hydrogen (secondary N) is 1. The van der Waals surface area contributed by atoms with Gasteiger partial charge in [0.2, 0.25) is 0 Å². The van der Waals surface area contributed by atoms with E-state index in [1.54, 1.807) is 4.90 Å². The monoisotopic (exact) mass is 255 g/mol. The first-order chi connectivity index (χ1) is 8.72. The zero-order valence-corrected chi connectivity index (χ0v) is 10.9. The lowest BCUT2D eigenvalue weighted by Gasteiger charge is -2.39. The van der Waals surface area contributed by atoms with Crippen molar-refractivity contribution in [2.75, 3.05) is 32.8 Å². The van der Waals surface area contributed by atoms with Gasteiger partial charge >= 0.3 is 12.1 Å². The Hall–Kier alpha value is -1.46. The summed E-state index contributed by atoms with van der Waals surface area (Å²) in [5.41, 5.74) is 0. The number of carbonyl (C=O) groups excluding carboxylic acids is 2. The summed E-state index contributed by atoms with van der Waals surface area (Å²) in [7, 11) is 0. The van der Waals surface area contributed by atoms with Crippen LogP contribution >= 0.6 is 0 Å². The molecule has 1 N–H and O–H groups in total. The van der Waals surface area contributed by atoms with Gasteiger partial charge in [-0.3, -0.25) is 0 Å². The average molecular weight is 255 g/mol. The molecule has 6 nitrogen and oxygen atoms in total. The molecule has 2 heterocycles. The van der Waals surface area contributed by atoms with E-state index >= 15 is 0 Å². The maximum absolute atomic E-state index is 11.7. The van der Waals surface area contributed by atoms with Crippen molar-refractivity contribution in [3.8, 4) is 0 Å². The zero-order valence-electron chi connectivity index (χ0n) is 10.9. The molecule has 0 atom stereocenters. The number of rotatable bonds is 2. The minimum absolute atomic E-state index is 0.0378. The van der Waals surface area contributed by atoms with Gasteiger partial charge in [-0.2, -0.15) is 0 Å². The fourth-order valence-electron chi connectivity index (χ4n) is 2.57. The van der Waals surface area contributed by atoms with Crippen molar-refractivity contribution in [3.05, 3.63) is 0 Å². The molecular weight excluding hydrogens is 234 g/mol. The highest BCUT2D eigenvalue weighted by molar-refractivity contribution is 5.75. The van der Waals surface area contributed by atoms with Crippen LogP contribution in [0.25, 0.3) is 0 Å². The molecule has 2 fully saturated rings. The van der Waals surface area contributed by atoms with Gasteiger partial charge in [0.05, 0.1) is 6.61 Å². The van der Waals surface area contributed by atoms with Crippen molar-refractivity contribution in [1.29, 1.82) is 0 Å². The number of carbonyl (C=O) groups is 2. The predicted molar refractivity (Wildman–Crippen MR) is 66.3 cm³/mol. The summed E-state index contributed by atoms with van der Waals surface area (Å²) < 4.78 is 4.98. The number of piperidine rings is 1. The summed E-state index contributed by atoms with van der Waals surface area (Å²) in [6, 6.07) is 0.298. The van der Waals surface area contributed by atoms with Crippen LogP contribution in [0.2, 0.25) is 0 Å². The minimum Gasteiger partial charge on any atom is -0.450 e. The van der Waals surface area contributed by atoms with Gasteiger partial charge in [0.15, 0.2) is 0 Å². The predicted octanol–water partition coefficient (Wildman–Crippen LogP) is 1.02. The van der Waals surface area contributed by atoms with Crippen LogP contribution in [0.15, 0.2) is 0 Å². The molecule has 2 rings (SSSR count). The van der Waals surface area contributed by atoms with Gasteiger partial charge in [-0.15, -0.1) is 0 Å². The number of hydrogen-bond acceptors (Lipinski definition) is 3. The number of amides is 3. The van der Waals surface area contributed by atoms with E-state index in [0.29, 0.717) is 19.7 Å². The van der Waals surface area contributed by atoms with Crippen LogP contribution in [0.4, 0.5) is 9.59 Å². The lowest BCUT2D eigenvalue weighted by molar-refractivity contribution is 0.0790. The molecule has 3 amide bonds. The topological polar surface area (TPSA) is 61.9 Å². The number of urea groups is 1. The maximum atomic E-state index is 11.7. The Morgan fingerprint density at radius 3 is 2.72 bits per heavy atom. The third-order valence-electron chi connectivity index (χ3n) is 3.54. The van der Waals surface area contributed by atoms with Crippen molar-refractivity contribution in [2.24, 2.45) is 0 Å². The fraction of sp³-hybridized carbons (Fsp3) is 0.833. The van der Waals surface area contributed by atoms with Crippen LogP contribution in [0.3, 0.4) is 0 Å². The molecule has 2 aliphatic rings. The lowest BCUT2D eigenvalue weighted by atomic mass is 10.0. The summed E-state index contributed by atoms with van der Waals surface area (Å²) in [5.74, 6) is 0. The second-order valence-electron chi connectivity index (χ2n) is 4.70. The maximum Gasteiger partial charge on any atom is 0.409 e. The second-order valence-corrected chi connectivity index (χ2v) is 4.70. The van der Waals surface area contributed by atoms with Gasteiger partial charge in [0.1, 0.15) is 0 Å². The van der Waals surface area contributed by atoms with Crippen LogP contribution in [0, 0.1) is 0 Å². The average Bonchev–Trinajstić information content (AvgIpc) is 2.40. The molecule has 0 aromatic rings. The fourth-order valence-corrected chi connectivity index (χ4v) is 2.57. The van der Waals surface area contributed by atoms with Crippen LogP contribution in [0.5, 0.6) is 0 Å². The first-order valence-electron chi connectivity index (χ1n) is 6.68. The first kappa shape index (κ1) is 13.0. The van der Waals surface area contributed by atoms with E-state index in [0.717, 1.165) is 32.4 Å². The summed E-state index contributed by atoms with van der Waals surface area (Å²) in [6.07, 6.45) is 2.45. The van der Waals surface area contributed by atoms with E-state index in [-0.39, 0.29) is 18.2 Å². The van der Waals surface area contributed by atoms with Crippen molar-refractivity contribution in [3.63, 3.8) is 0 Å². The smallest absolute Gasteiger partial charge is 0.409 e. The molecule has 0 spiro atoms. The molecule has 0 radical (unpaired) electrons. The van der Waals surface area contributed by atoms with Crippen molar-refractivity contribution in [2.45, 2.75) is 32.2 Å². The van der Waals surface area contributed by atoms with Gasteiger partial charge in [-0.05, 0) is 26.2 Å². The lowest BCUT2D eigenvalue weighted by Crippen LogP contribution is -2.54.